The summed E-state index contributed by atoms with van der Waals surface area (Å²) in [6.07, 6.45) is -7.65. The fourth-order valence-electron chi connectivity index (χ4n) is 0.275. The van der Waals surface area contributed by atoms with Crippen molar-refractivity contribution in [2.45, 2.75) is 12.3 Å². The smallest absolute Gasteiger partial charge is 0.379 e. The van der Waals surface area contributed by atoms with Crippen LogP contribution in [0.25, 0.3) is 0 Å². The highest BCUT2D eigenvalue weighted by atomic mass is 19.4. The van der Waals surface area contributed by atoms with Gasteiger partial charge in [0.25, 0.3) is 0 Å². The number of rotatable bonds is 2. The Morgan fingerprint density at radius 1 is 1.60 bits per heavy atom. The van der Waals surface area contributed by atoms with Crippen molar-refractivity contribution in [1.29, 1.82) is 0 Å². The van der Waals surface area contributed by atoms with Gasteiger partial charge in [0, 0.05) is 5.57 Å². The molecule has 0 spiro atoms. The predicted octanol–water partition coefficient (Wildman–Crippen LogP) is 0.665. The van der Waals surface area contributed by atoms with Crippen LogP contribution in [0.3, 0.4) is 0 Å². The number of carbonyl (C=O) groups excluding carboxylic acids is 1. The highest BCUT2D eigenvalue weighted by molar-refractivity contribution is 5.73. The topological polar surface area (TPSA) is 37.3 Å². The highest BCUT2D eigenvalue weighted by Gasteiger charge is 2.39. The van der Waals surface area contributed by atoms with Crippen molar-refractivity contribution in [3.05, 3.63) is 12.2 Å². The standard InChI is InChI=1S/C5H5F3O2/c1-3(2-9)4(10)5(6,7)8/h2,4,10H,1H2. The van der Waals surface area contributed by atoms with E-state index < -0.39 is 17.9 Å². The van der Waals surface area contributed by atoms with Crippen molar-refractivity contribution in [3.63, 3.8) is 0 Å². The zero-order chi connectivity index (χ0) is 8.36. The van der Waals surface area contributed by atoms with Gasteiger partial charge in [-0.05, 0) is 0 Å². The minimum atomic E-state index is -4.79. The van der Waals surface area contributed by atoms with Gasteiger partial charge in [-0.1, -0.05) is 6.58 Å². The second-order valence-electron chi connectivity index (χ2n) is 1.64. The molecule has 0 saturated carbocycles. The third-order valence-corrected chi connectivity index (χ3v) is 0.813. The van der Waals surface area contributed by atoms with Crippen LogP contribution in [0.15, 0.2) is 12.2 Å². The molecule has 1 N–H and O–H groups in total. The highest BCUT2D eigenvalue weighted by Crippen LogP contribution is 2.23. The summed E-state index contributed by atoms with van der Waals surface area (Å²) in [6.45, 7) is 2.70. The molecule has 1 unspecified atom stereocenters. The van der Waals surface area contributed by atoms with E-state index in [1.54, 1.807) is 0 Å². The number of aldehydes is 1. The van der Waals surface area contributed by atoms with Crippen LogP contribution in [0.4, 0.5) is 13.2 Å². The molecule has 0 aromatic carbocycles. The largest absolute Gasteiger partial charge is 0.418 e. The van der Waals surface area contributed by atoms with Crippen molar-refractivity contribution in [2.24, 2.45) is 0 Å². The van der Waals surface area contributed by atoms with Crippen LogP contribution in [0, 0.1) is 0 Å². The van der Waals surface area contributed by atoms with Gasteiger partial charge < -0.3 is 5.11 Å². The van der Waals surface area contributed by atoms with Gasteiger partial charge in [-0.2, -0.15) is 13.2 Å². The Labute approximate surface area is 55.0 Å². The minimum absolute atomic E-state index is 0.127. The molecule has 0 aliphatic heterocycles. The molecule has 0 heterocycles. The van der Waals surface area contributed by atoms with Gasteiger partial charge in [0.05, 0.1) is 0 Å². The van der Waals surface area contributed by atoms with E-state index in [-0.39, 0.29) is 6.29 Å². The fraction of sp³-hybridized carbons (Fsp3) is 0.400. The van der Waals surface area contributed by atoms with E-state index in [0.29, 0.717) is 0 Å². The molecule has 5 heteroatoms. The SMILES string of the molecule is C=C(C=O)C(O)C(F)(F)F. The van der Waals surface area contributed by atoms with Crippen LogP contribution in [0.1, 0.15) is 0 Å². The molecular formula is C5H5F3O2. The first-order valence-electron chi connectivity index (χ1n) is 2.28. The van der Waals surface area contributed by atoms with Crippen molar-refractivity contribution < 1.29 is 23.1 Å². The van der Waals surface area contributed by atoms with Crippen LogP contribution < -0.4 is 0 Å². The van der Waals surface area contributed by atoms with Crippen LogP contribution >= 0.6 is 0 Å². The summed E-state index contributed by atoms with van der Waals surface area (Å²) >= 11 is 0. The summed E-state index contributed by atoms with van der Waals surface area (Å²) < 4.78 is 34.3. The second kappa shape index (κ2) is 2.83. The zero-order valence-corrected chi connectivity index (χ0v) is 4.85. The quantitative estimate of drug-likeness (QED) is 0.468. The Hall–Kier alpha value is -0.840. The number of hydrogen-bond acceptors (Lipinski definition) is 2. The minimum Gasteiger partial charge on any atom is -0.379 e. The first kappa shape index (κ1) is 9.16. The molecule has 0 aliphatic rings. The van der Waals surface area contributed by atoms with Crippen LogP contribution in [-0.2, 0) is 4.79 Å². The van der Waals surface area contributed by atoms with Gasteiger partial charge in [0.1, 0.15) is 6.29 Å². The maximum absolute atomic E-state index is 11.4. The van der Waals surface area contributed by atoms with E-state index in [2.05, 4.69) is 6.58 Å². The van der Waals surface area contributed by atoms with Crippen molar-refractivity contribution in [2.75, 3.05) is 0 Å². The molecule has 0 bridgehead atoms. The number of aliphatic hydroxyl groups is 1. The molecule has 0 saturated heterocycles. The average Bonchev–Trinajstić information content (AvgIpc) is 1.83. The van der Waals surface area contributed by atoms with E-state index in [1.165, 1.54) is 0 Å². The maximum atomic E-state index is 11.4. The monoisotopic (exact) mass is 154 g/mol. The predicted molar refractivity (Wildman–Crippen MR) is 27.3 cm³/mol. The summed E-state index contributed by atoms with van der Waals surface area (Å²) in [5.41, 5.74) is -0.882. The Morgan fingerprint density at radius 3 is 2.10 bits per heavy atom. The van der Waals surface area contributed by atoms with Crippen LogP contribution in [-0.4, -0.2) is 23.7 Å². The van der Waals surface area contributed by atoms with E-state index in [0.717, 1.165) is 0 Å². The van der Waals surface area contributed by atoms with Gasteiger partial charge in [0.15, 0.2) is 6.10 Å². The van der Waals surface area contributed by atoms with Crippen molar-refractivity contribution in [3.8, 4) is 0 Å². The normalized spacial score (nSPS) is 14.4. The van der Waals surface area contributed by atoms with Crippen molar-refractivity contribution >= 4 is 6.29 Å². The van der Waals surface area contributed by atoms with E-state index in [4.69, 9.17) is 5.11 Å². The van der Waals surface area contributed by atoms with Gasteiger partial charge in [-0.25, -0.2) is 0 Å². The lowest BCUT2D eigenvalue weighted by Crippen LogP contribution is -2.30. The van der Waals surface area contributed by atoms with E-state index in [1.807, 2.05) is 0 Å². The Morgan fingerprint density at radius 2 is 2.00 bits per heavy atom. The lowest BCUT2D eigenvalue weighted by Gasteiger charge is -2.12. The second-order valence-corrected chi connectivity index (χ2v) is 1.64. The third kappa shape index (κ3) is 2.18. The summed E-state index contributed by atoms with van der Waals surface area (Å²) in [7, 11) is 0. The van der Waals surface area contributed by atoms with E-state index in [9.17, 15) is 18.0 Å². The van der Waals surface area contributed by atoms with Gasteiger partial charge in [0.2, 0.25) is 0 Å². The van der Waals surface area contributed by atoms with Crippen LogP contribution in [0.2, 0.25) is 0 Å². The first-order chi connectivity index (χ1) is 4.39. The molecule has 0 fully saturated rings. The molecule has 1 atom stereocenters. The molecule has 10 heavy (non-hydrogen) atoms. The molecule has 0 amide bonds. The number of alkyl halides is 3. The first-order valence-corrected chi connectivity index (χ1v) is 2.28. The third-order valence-electron chi connectivity index (χ3n) is 0.813. The van der Waals surface area contributed by atoms with Gasteiger partial charge in [-0.3, -0.25) is 4.79 Å². The number of hydrogen-bond donors (Lipinski definition) is 1. The zero-order valence-electron chi connectivity index (χ0n) is 4.85. The summed E-state index contributed by atoms with van der Waals surface area (Å²) in [5, 5.41) is 8.20. The Kier molecular flexibility index (Phi) is 2.59. The maximum Gasteiger partial charge on any atom is 0.418 e. The Balaban J connectivity index is 4.21. The summed E-state index contributed by atoms with van der Waals surface area (Å²) in [5.74, 6) is 0. The summed E-state index contributed by atoms with van der Waals surface area (Å²) in [4.78, 5) is 9.63. The molecule has 0 rings (SSSR count). The Bertz CT molecular complexity index is 149. The molecule has 0 aliphatic carbocycles. The lowest BCUT2D eigenvalue weighted by molar-refractivity contribution is -0.191. The lowest BCUT2D eigenvalue weighted by atomic mass is 10.2. The van der Waals surface area contributed by atoms with Crippen LogP contribution in [0.5, 0.6) is 0 Å². The summed E-state index contributed by atoms with van der Waals surface area (Å²) in [6, 6.07) is 0. The fourth-order valence-corrected chi connectivity index (χ4v) is 0.275. The molecular weight excluding hydrogens is 149 g/mol. The number of aliphatic hydroxyl groups excluding tert-OH is 1. The van der Waals surface area contributed by atoms with Crippen molar-refractivity contribution in [1.82, 2.24) is 0 Å². The molecule has 0 aromatic heterocycles. The van der Waals surface area contributed by atoms with E-state index >= 15 is 0 Å². The molecule has 0 aromatic rings. The average molecular weight is 154 g/mol. The number of halogens is 3. The molecule has 2 nitrogen and oxygen atoms in total. The number of carbonyl (C=O) groups is 1. The van der Waals surface area contributed by atoms with Gasteiger partial charge >= 0.3 is 6.18 Å². The molecule has 0 radical (unpaired) electrons. The van der Waals surface area contributed by atoms with Gasteiger partial charge in [-0.15, -0.1) is 0 Å². The molecule has 58 valence electrons.